The van der Waals surface area contributed by atoms with Gasteiger partial charge < -0.3 is 19.4 Å². The number of aromatic nitrogens is 1. The van der Waals surface area contributed by atoms with Gasteiger partial charge >= 0.3 is 0 Å². The molecule has 202 valence electrons. The maximum atomic E-state index is 13.2. The average Bonchev–Trinajstić information content (AvgIpc) is 3.36. The lowest BCUT2D eigenvalue weighted by Crippen LogP contribution is -2.33. The number of nitrogens with zero attached hydrogens (tertiary/aromatic N) is 3. The van der Waals surface area contributed by atoms with Gasteiger partial charge in [0.2, 0.25) is 5.89 Å². The molecule has 0 radical (unpaired) electrons. The highest BCUT2D eigenvalue weighted by Gasteiger charge is 2.25. The van der Waals surface area contributed by atoms with Crippen molar-refractivity contribution < 1.29 is 18.9 Å². The van der Waals surface area contributed by atoms with E-state index in [0.717, 1.165) is 31.4 Å². The number of hydrogen-bond acceptors (Lipinski definition) is 7. The normalized spacial score (nSPS) is 14.1. The average molecular weight is 529 g/mol. The van der Waals surface area contributed by atoms with Crippen molar-refractivity contribution in [3.05, 3.63) is 75.8 Å². The highest BCUT2D eigenvalue weighted by molar-refractivity contribution is 6.06. The van der Waals surface area contributed by atoms with Crippen molar-refractivity contribution in [1.29, 1.82) is 0 Å². The van der Waals surface area contributed by atoms with Crippen LogP contribution in [0.2, 0.25) is 0 Å². The highest BCUT2D eigenvalue weighted by Crippen LogP contribution is 2.35. The van der Waals surface area contributed by atoms with E-state index in [0.29, 0.717) is 46.0 Å². The minimum Gasteiger partial charge on any atom is -0.495 e. The van der Waals surface area contributed by atoms with Crippen molar-refractivity contribution >= 4 is 34.1 Å². The van der Waals surface area contributed by atoms with E-state index >= 15 is 0 Å². The van der Waals surface area contributed by atoms with Crippen LogP contribution in [0.4, 0.5) is 17.1 Å². The van der Waals surface area contributed by atoms with Gasteiger partial charge in [0.25, 0.3) is 11.6 Å². The third kappa shape index (κ3) is 5.43. The quantitative estimate of drug-likeness (QED) is 0.203. The first kappa shape index (κ1) is 26.2. The van der Waals surface area contributed by atoms with Crippen LogP contribution in [0.5, 0.6) is 5.75 Å². The molecule has 1 saturated heterocycles. The summed E-state index contributed by atoms with van der Waals surface area (Å²) in [7, 11) is 1.51. The van der Waals surface area contributed by atoms with Gasteiger partial charge in [-0.05, 0) is 72.7 Å². The molecule has 1 N–H and O–H groups in total. The lowest BCUT2D eigenvalue weighted by molar-refractivity contribution is -0.384. The number of methoxy groups -OCH3 is 1. The molecule has 0 atom stereocenters. The van der Waals surface area contributed by atoms with Crippen LogP contribution in [0.1, 0.15) is 55.5 Å². The summed E-state index contributed by atoms with van der Waals surface area (Å²) in [5.41, 5.74) is 4.31. The number of piperidine rings is 1. The summed E-state index contributed by atoms with van der Waals surface area (Å²) in [5, 5.41) is 14.8. The number of amides is 1. The predicted molar refractivity (Wildman–Crippen MR) is 152 cm³/mol. The molecule has 1 aliphatic heterocycles. The van der Waals surface area contributed by atoms with Crippen LogP contribution in [0.15, 0.2) is 59.0 Å². The Morgan fingerprint density at radius 2 is 1.90 bits per heavy atom. The predicted octanol–water partition coefficient (Wildman–Crippen LogP) is 7.02. The van der Waals surface area contributed by atoms with Crippen molar-refractivity contribution in [3.8, 4) is 17.2 Å². The Hall–Kier alpha value is -4.40. The Kier molecular flexibility index (Phi) is 7.24. The number of fused-ring (bicyclic) bond motifs is 1. The fourth-order valence-corrected chi connectivity index (χ4v) is 4.89. The number of carbonyl (C=O) groups excluding carboxylic acids is 1. The number of nitro benzene ring substituents is 1. The molecular weight excluding hydrogens is 496 g/mol. The van der Waals surface area contributed by atoms with Gasteiger partial charge in [-0.15, -0.1) is 0 Å². The second kappa shape index (κ2) is 10.8. The van der Waals surface area contributed by atoms with Gasteiger partial charge in [-0.3, -0.25) is 14.9 Å². The molecule has 1 fully saturated rings. The molecule has 5 rings (SSSR count). The Morgan fingerprint density at radius 1 is 1.13 bits per heavy atom. The van der Waals surface area contributed by atoms with E-state index in [4.69, 9.17) is 9.15 Å². The Balaban J connectivity index is 1.42. The SMILES string of the molecule is COc1ccc(-c2nc3cc(C(C)C)ccc3o2)cc1NC(=O)c1ccc(N2CCC(C)CC2)c([N+](=O)[O-])c1. The van der Waals surface area contributed by atoms with Gasteiger partial charge in [-0.25, -0.2) is 4.98 Å². The molecule has 9 nitrogen and oxygen atoms in total. The van der Waals surface area contributed by atoms with Crippen LogP contribution in [0.25, 0.3) is 22.6 Å². The monoisotopic (exact) mass is 528 g/mol. The first-order chi connectivity index (χ1) is 18.7. The lowest BCUT2D eigenvalue weighted by Gasteiger charge is -2.31. The third-order valence-electron chi connectivity index (χ3n) is 7.33. The number of nitrogens with one attached hydrogen (secondary N) is 1. The summed E-state index contributed by atoms with van der Waals surface area (Å²) < 4.78 is 11.4. The van der Waals surface area contributed by atoms with Crippen molar-refractivity contribution in [1.82, 2.24) is 4.98 Å². The van der Waals surface area contributed by atoms with Crippen LogP contribution in [0.3, 0.4) is 0 Å². The third-order valence-corrected chi connectivity index (χ3v) is 7.33. The van der Waals surface area contributed by atoms with E-state index < -0.39 is 10.8 Å². The van der Waals surface area contributed by atoms with E-state index in [2.05, 4.69) is 31.1 Å². The first-order valence-electron chi connectivity index (χ1n) is 13.2. The maximum absolute atomic E-state index is 13.2. The highest BCUT2D eigenvalue weighted by atomic mass is 16.6. The Bertz CT molecular complexity index is 1540. The van der Waals surface area contributed by atoms with Gasteiger partial charge in [-0.2, -0.15) is 0 Å². The molecule has 1 amide bonds. The number of anilines is 2. The van der Waals surface area contributed by atoms with E-state index in [1.54, 1.807) is 24.3 Å². The zero-order chi connectivity index (χ0) is 27.7. The molecule has 3 aromatic carbocycles. The number of nitro groups is 1. The first-order valence-corrected chi connectivity index (χ1v) is 13.2. The lowest BCUT2D eigenvalue weighted by atomic mass is 9.98. The zero-order valence-electron chi connectivity index (χ0n) is 22.6. The summed E-state index contributed by atoms with van der Waals surface area (Å²) in [6, 6.07) is 15.8. The minimum atomic E-state index is -0.480. The smallest absolute Gasteiger partial charge is 0.293 e. The number of rotatable bonds is 7. The summed E-state index contributed by atoms with van der Waals surface area (Å²) >= 11 is 0. The van der Waals surface area contributed by atoms with Gasteiger partial charge in [0.15, 0.2) is 5.58 Å². The van der Waals surface area contributed by atoms with Crippen molar-refractivity contribution in [3.63, 3.8) is 0 Å². The van der Waals surface area contributed by atoms with E-state index in [9.17, 15) is 14.9 Å². The second-order valence-corrected chi connectivity index (χ2v) is 10.4. The maximum Gasteiger partial charge on any atom is 0.293 e. The Morgan fingerprint density at radius 3 is 2.59 bits per heavy atom. The van der Waals surface area contributed by atoms with E-state index in [1.807, 2.05) is 29.2 Å². The molecule has 0 unspecified atom stereocenters. The van der Waals surface area contributed by atoms with Crippen LogP contribution >= 0.6 is 0 Å². The molecule has 9 heteroatoms. The fraction of sp³-hybridized carbons (Fsp3) is 0.333. The topological polar surface area (TPSA) is 111 Å². The molecule has 0 saturated carbocycles. The summed E-state index contributed by atoms with van der Waals surface area (Å²) in [6.07, 6.45) is 1.96. The van der Waals surface area contributed by atoms with Crippen molar-refractivity contribution in [2.45, 2.75) is 39.5 Å². The fourth-order valence-electron chi connectivity index (χ4n) is 4.89. The number of carbonyl (C=O) groups is 1. The molecule has 2 heterocycles. The summed E-state index contributed by atoms with van der Waals surface area (Å²) in [4.78, 5) is 31.4. The van der Waals surface area contributed by atoms with Gasteiger partial charge in [0, 0.05) is 30.3 Å². The number of hydrogen-bond donors (Lipinski definition) is 1. The largest absolute Gasteiger partial charge is 0.495 e. The number of ether oxygens (including phenoxy) is 1. The van der Waals surface area contributed by atoms with Crippen LogP contribution in [-0.2, 0) is 0 Å². The van der Waals surface area contributed by atoms with E-state index in [1.165, 1.54) is 18.7 Å². The molecular formula is C30H32N4O5. The summed E-state index contributed by atoms with van der Waals surface area (Å²) in [5.74, 6) is 1.35. The van der Waals surface area contributed by atoms with E-state index in [-0.39, 0.29) is 11.3 Å². The second-order valence-electron chi connectivity index (χ2n) is 10.4. The van der Waals surface area contributed by atoms with Gasteiger partial charge in [-0.1, -0.05) is 26.8 Å². The molecule has 4 aromatic rings. The number of oxazole rings is 1. The number of benzene rings is 3. The molecule has 0 aliphatic carbocycles. The molecule has 39 heavy (non-hydrogen) atoms. The minimum absolute atomic E-state index is 0.0786. The molecule has 0 bridgehead atoms. The van der Waals surface area contributed by atoms with Gasteiger partial charge in [0.1, 0.15) is 17.0 Å². The van der Waals surface area contributed by atoms with Crippen LogP contribution < -0.4 is 15.0 Å². The Labute approximate surface area is 226 Å². The molecule has 1 aromatic heterocycles. The summed E-state index contributed by atoms with van der Waals surface area (Å²) in [6.45, 7) is 7.95. The van der Waals surface area contributed by atoms with Crippen LogP contribution in [-0.4, -0.2) is 36.0 Å². The molecule has 0 spiro atoms. The van der Waals surface area contributed by atoms with Crippen LogP contribution in [0, 0.1) is 16.0 Å². The zero-order valence-corrected chi connectivity index (χ0v) is 22.6. The van der Waals surface area contributed by atoms with Crippen molar-refractivity contribution in [2.75, 3.05) is 30.4 Å². The van der Waals surface area contributed by atoms with Gasteiger partial charge in [0.05, 0.1) is 17.7 Å². The molecule has 1 aliphatic rings. The van der Waals surface area contributed by atoms with Crippen molar-refractivity contribution in [2.24, 2.45) is 5.92 Å². The standard InChI is InChI=1S/C30H32N4O5/c1-18(2)20-6-10-28-24(15-20)32-30(39-28)22-7-9-27(38-4)23(16-22)31-29(35)21-5-8-25(26(17-21)34(36)37)33-13-11-19(3)12-14-33/h5-10,15-19H,11-14H2,1-4H3,(H,31,35).